The molecule has 0 atom stereocenters. The summed E-state index contributed by atoms with van der Waals surface area (Å²) in [6.07, 6.45) is 3.22. The predicted octanol–water partition coefficient (Wildman–Crippen LogP) is 3.27. The van der Waals surface area contributed by atoms with Gasteiger partial charge in [-0.25, -0.2) is 0 Å². The SMILES string of the molecule is NC(=S)c1ccncc1Oc1ccccc1Br. The van der Waals surface area contributed by atoms with Crippen LogP contribution in [0.25, 0.3) is 0 Å². The van der Waals surface area contributed by atoms with Crippen LogP contribution in [0.4, 0.5) is 0 Å². The topological polar surface area (TPSA) is 48.1 Å². The van der Waals surface area contributed by atoms with E-state index < -0.39 is 0 Å². The van der Waals surface area contributed by atoms with Crippen molar-refractivity contribution in [3.63, 3.8) is 0 Å². The molecule has 0 bridgehead atoms. The summed E-state index contributed by atoms with van der Waals surface area (Å²) >= 11 is 8.36. The van der Waals surface area contributed by atoms with Crippen LogP contribution < -0.4 is 10.5 Å². The fourth-order valence-corrected chi connectivity index (χ4v) is 1.85. The molecule has 1 heterocycles. The highest BCUT2D eigenvalue weighted by atomic mass is 79.9. The minimum Gasteiger partial charge on any atom is -0.454 e. The molecule has 3 nitrogen and oxygen atoms in total. The average molecular weight is 309 g/mol. The van der Waals surface area contributed by atoms with Crippen LogP contribution in [0.5, 0.6) is 11.5 Å². The van der Waals surface area contributed by atoms with Gasteiger partial charge >= 0.3 is 0 Å². The maximum atomic E-state index is 5.72. The zero-order valence-electron chi connectivity index (χ0n) is 8.76. The van der Waals surface area contributed by atoms with Crippen molar-refractivity contribution in [3.8, 4) is 11.5 Å². The molecule has 1 aromatic carbocycles. The van der Waals surface area contributed by atoms with E-state index in [1.54, 1.807) is 18.5 Å². The average Bonchev–Trinajstić information content (AvgIpc) is 2.32. The quantitative estimate of drug-likeness (QED) is 0.884. The van der Waals surface area contributed by atoms with Gasteiger partial charge in [-0.05, 0) is 34.1 Å². The number of rotatable bonds is 3. The molecule has 0 saturated carbocycles. The molecule has 0 aliphatic carbocycles. The Morgan fingerprint density at radius 1 is 1.24 bits per heavy atom. The molecule has 0 aliphatic heterocycles. The van der Waals surface area contributed by atoms with E-state index in [9.17, 15) is 0 Å². The second-order valence-electron chi connectivity index (χ2n) is 3.27. The maximum Gasteiger partial charge on any atom is 0.155 e. The molecule has 0 amide bonds. The Kier molecular flexibility index (Phi) is 3.71. The summed E-state index contributed by atoms with van der Waals surface area (Å²) in [4.78, 5) is 4.28. The van der Waals surface area contributed by atoms with E-state index >= 15 is 0 Å². The van der Waals surface area contributed by atoms with E-state index in [0.717, 1.165) is 4.47 Å². The van der Waals surface area contributed by atoms with Gasteiger partial charge in [0, 0.05) is 6.20 Å². The van der Waals surface area contributed by atoms with E-state index in [-0.39, 0.29) is 4.99 Å². The normalized spacial score (nSPS) is 9.94. The van der Waals surface area contributed by atoms with Crippen LogP contribution in [0.2, 0.25) is 0 Å². The summed E-state index contributed by atoms with van der Waals surface area (Å²) in [5.74, 6) is 1.24. The molecule has 17 heavy (non-hydrogen) atoms. The zero-order valence-corrected chi connectivity index (χ0v) is 11.2. The molecule has 0 unspecified atom stereocenters. The number of hydrogen-bond donors (Lipinski definition) is 1. The Morgan fingerprint density at radius 2 is 2.00 bits per heavy atom. The number of para-hydroxylation sites is 1. The highest BCUT2D eigenvalue weighted by molar-refractivity contribution is 9.10. The van der Waals surface area contributed by atoms with Crippen molar-refractivity contribution < 1.29 is 4.74 Å². The van der Waals surface area contributed by atoms with Crippen LogP contribution in [0.3, 0.4) is 0 Å². The van der Waals surface area contributed by atoms with Gasteiger partial charge in [0.15, 0.2) is 5.75 Å². The fourth-order valence-electron chi connectivity index (χ4n) is 1.31. The van der Waals surface area contributed by atoms with E-state index in [1.165, 1.54) is 0 Å². The first kappa shape index (κ1) is 12.0. The Morgan fingerprint density at radius 3 is 2.71 bits per heavy atom. The van der Waals surface area contributed by atoms with Crippen molar-refractivity contribution >= 4 is 33.1 Å². The lowest BCUT2D eigenvalue weighted by atomic mass is 10.2. The first-order valence-corrected chi connectivity index (χ1v) is 6.05. The maximum absolute atomic E-state index is 5.72. The van der Waals surface area contributed by atoms with Crippen molar-refractivity contribution in [1.29, 1.82) is 0 Å². The van der Waals surface area contributed by atoms with Gasteiger partial charge in [-0.1, -0.05) is 24.4 Å². The molecular weight excluding hydrogens is 300 g/mol. The number of benzene rings is 1. The molecule has 0 radical (unpaired) electrons. The number of nitrogens with two attached hydrogens (primary N) is 1. The standard InChI is InChI=1S/C12H9BrN2OS/c13-9-3-1-2-4-10(9)16-11-7-15-6-5-8(11)12(14)17/h1-7H,(H2,14,17). The number of nitrogens with zero attached hydrogens (tertiary/aromatic N) is 1. The van der Waals surface area contributed by atoms with Crippen LogP contribution in [0, 0.1) is 0 Å². The summed E-state index contributed by atoms with van der Waals surface area (Å²) in [5, 5.41) is 0. The van der Waals surface area contributed by atoms with Crippen LogP contribution in [0.1, 0.15) is 5.56 Å². The van der Waals surface area contributed by atoms with Crippen LogP contribution >= 0.6 is 28.1 Å². The van der Waals surface area contributed by atoms with Gasteiger partial charge in [0.2, 0.25) is 0 Å². The number of ether oxygens (including phenoxy) is 1. The molecule has 5 heteroatoms. The Hall–Kier alpha value is -1.46. The lowest BCUT2D eigenvalue weighted by molar-refractivity contribution is 0.476. The molecule has 1 aromatic heterocycles. The molecule has 0 fully saturated rings. The van der Waals surface area contributed by atoms with E-state index in [1.807, 2.05) is 24.3 Å². The van der Waals surface area contributed by atoms with Gasteiger partial charge < -0.3 is 10.5 Å². The molecule has 0 saturated heterocycles. The number of aromatic nitrogens is 1. The largest absolute Gasteiger partial charge is 0.454 e. The van der Waals surface area contributed by atoms with Gasteiger partial charge in [-0.2, -0.15) is 0 Å². The van der Waals surface area contributed by atoms with Gasteiger partial charge in [0.25, 0.3) is 0 Å². The van der Waals surface area contributed by atoms with Crippen molar-refractivity contribution in [2.75, 3.05) is 0 Å². The van der Waals surface area contributed by atoms with E-state index in [2.05, 4.69) is 20.9 Å². The van der Waals surface area contributed by atoms with Gasteiger partial charge in [0.05, 0.1) is 16.2 Å². The van der Waals surface area contributed by atoms with Crippen LogP contribution in [0.15, 0.2) is 47.2 Å². The molecule has 2 aromatic rings. The molecule has 2 rings (SSSR count). The number of thiocarbonyl (C=S) groups is 1. The molecule has 2 N–H and O–H groups in total. The Bertz CT molecular complexity index is 560. The number of halogens is 1. The summed E-state index contributed by atoms with van der Waals surface area (Å²) in [6, 6.07) is 9.27. The Labute approximate surface area is 113 Å². The third kappa shape index (κ3) is 2.81. The van der Waals surface area contributed by atoms with Crippen molar-refractivity contribution in [2.45, 2.75) is 0 Å². The summed E-state index contributed by atoms with van der Waals surface area (Å²) < 4.78 is 6.58. The Balaban J connectivity index is 2.37. The van der Waals surface area contributed by atoms with E-state index in [4.69, 9.17) is 22.7 Å². The van der Waals surface area contributed by atoms with Gasteiger partial charge in [0.1, 0.15) is 10.7 Å². The number of pyridine rings is 1. The second kappa shape index (κ2) is 5.25. The summed E-state index contributed by atoms with van der Waals surface area (Å²) in [7, 11) is 0. The lowest BCUT2D eigenvalue weighted by Crippen LogP contribution is -2.10. The van der Waals surface area contributed by atoms with Crippen molar-refractivity contribution in [3.05, 3.63) is 52.8 Å². The first-order chi connectivity index (χ1) is 8.18. The summed E-state index contributed by atoms with van der Waals surface area (Å²) in [6.45, 7) is 0. The highest BCUT2D eigenvalue weighted by Gasteiger charge is 2.08. The summed E-state index contributed by atoms with van der Waals surface area (Å²) in [5.41, 5.74) is 6.29. The monoisotopic (exact) mass is 308 g/mol. The molecule has 0 spiro atoms. The van der Waals surface area contributed by atoms with E-state index in [0.29, 0.717) is 17.1 Å². The van der Waals surface area contributed by atoms with Gasteiger partial charge in [-0.15, -0.1) is 0 Å². The first-order valence-electron chi connectivity index (χ1n) is 4.84. The zero-order chi connectivity index (χ0) is 12.3. The minimum atomic E-state index is 0.287. The van der Waals surface area contributed by atoms with Crippen LogP contribution in [-0.4, -0.2) is 9.97 Å². The predicted molar refractivity (Wildman–Crippen MR) is 74.3 cm³/mol. The third-order valence-corrected chi connectivity index (χ3v) is 2.98. The fraction of sp³-hybridized carbons (Fsp3) is 0. The second-order valence-corrected chi connectivity index (χ2v) is 4.56. The molecule has 86 valence electrons. The van der Waals surface area contributed by atoms with Crippen LogP contribution in [-0.2, 0) is 0 Å². The highest BCUT2D eigenvalue weighted by Crippen LogP contribution is 2.30. The smallest absolute Gasteiger partial charge is 0.155 e. The molecule has 0 aliphatic rings. The molecular formula is C12H9BrN2OS. The van der Waals surface area contributed by atoms with Gasteiger partial charge in [-0.3, -0.25) is 4.98 Å². The van der Waals surface area contributed by atoms with Crippen molar-refractivity contribution in [1.82, 2.24) is 4.98 Å². The lowest BCUT2D eigenvalue weighted by Gasteiger charge is -2.10. The third-order valence-electron chi connectivity index (χ3n) is 2.11. The van der Waals surface area contributed by atoms with Crippen molar-refractivity contribution in [2.24, 2.45) is 5.73 Å². The minimum absolute atomic E-state index is 0.287. The number of hydrogen-bond acceptors (Lipinski definition) is 3.